The van der Waals surface area contributed by atoms with Crippen LogP contribution in [0, 0.1) is 5.92 Å². The van der Waals surface area contributed by atoms with Gasteiger partial charge < -0.3 is 4.74 Å². The lowest BCUT2D eigenvalue weighted by atomic mass is 9.99. The van der Waals surface area contributed by atoms with Crippen LogP contribution in [0.15, 0.2) is 71.6 Å². The number of hydrogen-bond donors (Lipinski definition) is 2. The average molecular weight is 511 g/mol. The molecule has 1 heterocycles. The summed E-state index contributed by atoms with van der Waals surface area (Å²) in [4.78, 5) is 13.3. The van der Waals surface area contributed by atoms with Crippen molar-refractivity contribution in [3.05, 3.63) is 66.7 Å². The van der Waals surface area contributed by atoms with Gasteiger partial charge in [0.15, 0.2) is 0 Å². The molecule has 1 aromatic heterocycles. The maximum Gasteiger partial charge on any atom is 0.244 e. The summed E-state index contributed by atoms with van der Waals surface area (Å²) in [5, 5.41) is 13.3. The first-order chi connectivity index (χ1) is 16.8. The molecule has 1 amide bonds. The Bertz CT molecular complexity index is 1430. The number of fused-ring (bicyclic) bond motifs is 1. The molecular formula is C25H26N4O4S2. The molecule has 4 rings (SSSR count). The molecule has 3 aromatic carbocycles. The smallest absolute Gasteiger partial charge is 0.244 e. The summed E-state index contributed by atoms with van der Waals surface area (Å²) in [6, 6.07) is 18.7. The van der Waals surface area contributed by atoms with Crippen molar-refractivity contribution in [2.75, 3.05) is 12.4 Å². The Morgan fingerprint density at radius 2 is 1.74 bits per heavy atom. The summed E-state index contributed by atoms with van der Waals surface area (Å²) in [6.07, 6.45) is 0.601. The highest BCUT2D eigenvalue weighted by atomic mass is 32.2. The van der Waals surface area contributed by atoms with Gasteiger partial charge in [-0.2, -0.15) is 4.72 Å². The van der Waals surface area contributed by atoms with E-state index in [9.17, 15) is 13.2 Å². The van der Waals surface area contributed by atoms with E-state index in [0.717, 1.165) is 16.7 Å². The number of aromatic nitrogens is 2. The number of amides is 1. The molecule has 0 spiro atoms. The molecule has 0 unspecified atom stereocenters. The quantitative estimate of drug-likeness (QED) is 0.338. The van der Waals surface area contributed by atoms with Crippen molar-refractivity contribution in [3.63, 3.8) is 0 Å². The lowest BCUT2D eigenvalue weighted by molar-refractivity contribution is -0.118. The number of nitrogens with zero attached hydrogens (tertiary/aromatic N) is 2. The third-order valence-electron chi connectivity index (χ3n) is 5.81. The standard InChI is InChI=1S/C25H26N4O4S2/c1-4-16(2)22(29-35(31,32)21-11-7-9-17-8-5-6-10-20(17)21)23(30)26-25-28-27-24(34-25)18-12-14-19(33-3)15-13-18/h5-16,22,29H,4H2,1-3H3,(H,26,28,30)/t16-,22+/m1/s1. The predicted octanol–water partition coefficient (Wildman–Crippen LogP) is 4.70. The van der Waals surface area contributed by atoms with Crippen molar-refractivity contribution in [3.8, 4) is 16.3 Å². The van der Waals surface area contributed by atoms with Crippen LogP contribution in [0.25, 0.3) is 21.3 Å². The normalized spacial score (nSPS) is 13.3. The fourth-order valence-electron chi connectivity index (χ4n) is 3.63. The number of benzene rings is 3. The molecule has 0 bridgehead atoms. The van der Waals surface area contributed by atoms with E-state index in [4.69, 9.17) is 4.74 Å². The van der Waals surface area contributed by atoms with Crippen molar-refractivity contribution in [2.24, 2.45) is 5.92 Å². The van der Waals surface area contributed by atoms with Crippen LogP contribution in [0.4, 0.5) is 5.13 Å². The lowest BCUT2D eigenvalue weighted by Crippen LogP contribution is -2.47. The van der Waals surface area contributed by atoms with E-state index >= 15 is 0 Å². The summed E-state index contributed by atoms with van der Waals surface area (Å²) in [7, 11) is -2.39. The third kappa shape index (κ3) is 5.50. The van der Waals surface area contributed by atoms with Gasteiger partial charge in [-0.25, -0.2) is 8.42 Å². The molecule has 2 N–H and O–H groups in total. The van der Waals surface area contributed by atoms with Gasteiger partial charge in [-0.1, -0.05) is 68.0 Å². The van der Waals surface area contributed by atoms with Crippen LogP contribution in [0.1, 0.15) is 20.3 Å². The van der Waals surface area contributed by atoms with Crippen LogP contribution >= 0.6 is 11.3 Å². The van der Waals surface area contributed by atoms with Gasteiger partial charge in [0.2, 0.25) is 21.1 Å². The molecule has 0 saturated carbocycles. The Balaban J connectivity index is 1.56. The zero-order chi connectivity index (χ0) is 25.0. The number of anilines is 1. The molecule has 0 aliphatic rings. The van der Waals surface area contributed by atoms with E-state index in [1.165, 1.54) is 11.3 Å². The minimum absolute atomic E-state index is 0.134. The average Bonchev–Trinajstić information content (AvgIpc) is 3.34. The highest BCUT2D eigenvalue weighted by Gasteiger charge is 2.31. The summed E-state index contributed by atoms with van der Waals surface area (Å²) in [6.45, 7) is 3.74. The van der Waals surface area contributed by atoms with Gasteiger partial charge in [-0.15, -0.1) is 10.2 Å². The highest BCUT2D eigenvalue weighted by Crippen LogP contribution is 2.28. The molecule has 2 atom stereocenters. The molecular weight excluding hydrogens is 484 g/mol. The topological polar surface area (TPSA) is 110 Å². The first-order valence-electron chi connectivity index (χ1n) is 11.1. The second-order valence-corrected chi connectivity index (χ2v) is 10.8. The lowest BCUT2D eigenvalue weighted by Gasteiger charge is -2.23. The Morgan fingerprint density at radius 3 is 2.46 bits per heavy atom. The monoisotopic (exact) mass is 510 g/mol. The van der Waals surface area contributed by atoms with Gasteiger partial charge in [0.25, 0.3) is 0 Å². The maximum absolute atomic E-state index is 13.3. The molecule has 0 fully saturated rings. The molecule has 0 saturated heterocycles. The van der Waals surface area contributed by atoms with Crippen molar-refractivity contribution in [2.45, 2.75) is 31.2 Å². The van der Waals surface area contributed by atoms with Gasteiger partial charge in [0, 0.05) is 10.9 Å². The van der Waals surface area contributed by atoms with Crippen molar-refractivity contribution >= 4 is 43.2 Å². The number of rotatable bonds is 9. The summed E-state index contributed by atoms with van der Waals surface area (Å²) in [5.41, 5.74) is 0.832. The van der Waals surface area contributed by atoms with E-state index in [1.54, 1.807) is 31.4 Å². The molecule has 10 heteroatoms. The van der Waals surface area contributed by atoms with E-state index in [1.807, 2.05) is 56.3 Å². The highest BCUT2D eigenvalue weighted by molar-refractivity contribution is 7.89. The van der Waals surface area contributed by atoms with E-state index in [0.29, 0.717) is 21.9 Å². The summed E-state index contributed by atoms with van der Waals surface area (Å²) in [5.74, 6) is -0.0176. The van der Waals surface area contributed by atoms with Crippen molar-refractivity contribution in [1.82, 2.24) is 14.9 Å². The van der Waals surface area contributed by atoms with E-state index in [-0.39, 0.29) is 10.8 Å². The first-order valence-corrected chi connectivity index (χ1v) is 13.4. The number of carbonyl (C=O) groups excluding carboxylic acids is 1. The summed E-state index contributed by atoms with van der Waals surface area (Å²) < 4.78 is 34.5. The van der Waals surface area contributed by atoms with Crippen LogP contribution in [0.2, 0.25) is 0 Å². The molecule has 182 valence electrons. The molecule has 35 heavy (non-hydrogen) atoms. The number of sulfonamides is 1. The zero-order valence-electron chi connectivity index (χ0n) is 19.6. The van der Waals surface area contributed by atoms with Crippen LogP contribution < -0.4 is 14.8 Å². The second-order valence-electron chi connectivity index (χ2n) is 8.09. The maximum atomic E-state index is 13.3. The van der Waals surface area contributed by atoms with Gasteiger partial charge in [0.1, 0.15) is 16.8 Å². The minimum atomic E-state index is -3.98. The minimum Gasteiger partial charge on any atom is -0.497 e. The first kappa shape index (κ1) is 24.8. The number of ether oxygens (including phenoxy) is 1. The Morgan fingerprint density at radius 1 is 1.03 bits per heavy atom. The Kier molecular flexibility index (Phi) is 7.44. The van der Waals surface area contributed by atoms with Crippen LogP contribution in [-0.4, -0.2) is 37.7 Å². The number of methoxy groups -OCH3 is 1. The number of hydrogen-bond acceptors (Lipinski definition) is 7. The SMILES string of the molecule is CC[C@@H](C)[C@H](NS(=O)(=O)c1cccc2ccccc12)C(=O)Nc1nnc(-c2ccc(OC)cc2)s1. The van der Waals surface area contributed by atoms with Gasteiger partial charge >= 0.3 is 0 Å². The van der Waals surface area contributed by atoms with Crippen LogP contribution in [0.3, 0.4) is 0 Å². The van der Waals surface area contributed by atoms with E-state index < -0.39 is 22.0 Å². The molecule has 8 nitrogen and oxygen atoms in total. The fourth-order valence-corrected chi connectivity index (χ4v) is 5.92. The van der Waals surface area contributed by atoms with Gasteiger partial charge in [0.05, 0.1) is 12.0 Å². The number of nitrogens with one attached hydrogen (secondary N) is 2. The van der Waals surface area contributed by atoms with Gasteiger partial charge in [-0.3, -0.25) is 10.1 Å². The van der Waals surface area contributed by atoms with Crippen molar-refractivity contribution < 1.29 is 17.9 Å². The summed E-state index contributed by atoms with van der Waals surface area (Å²) >= 11 is 1.21. The molecule has 4 aromatic rings. The third-order valence-corrected chi connectivity index (χ3v) is 8.20. The Labute approximate surface area is 208 Å². The van der Waals surface area contributed by atoms with E-state index in [2.05, 4.69) is 20.2 Å². The zero-order valence-corrected chi connectivity index (χ0v) is 21.2. The molecule has 0 aliphatic heterocycles. The molecule has 0 radical (unpaired) electrons. The molecule has 0 aliphatic carbocycles. The largest absolute Gasteiger partial charge is 0.497 e. The van der Waals surface area contributed by atoms with Gasteiger partial charge in [-0.05, 0) is 41.6 Å². The Hall–Kier alpha value is -3.34. The second kappa shape index (κ2) is 10.5. The van der Waals surface area contributed by atoms with Crippen LogP contribution in [0.5, 0.6) is 5.75 Å². The predicted molar refractivity (Wildman–Crippen MR) is 138 cm³/mol. The van der Waals surface area contributed by atoms with Crippen molar-refractivity contribution in [1.29, 1.82) is 0 Å². The fraction of sp³-hybridized carbons (Fsp3) is 0.240. The number of carbonyl (C=O) groups is 1. The van der Waals surface area contributed by atoms with Crippen LogP contribution in [-0.2, 0) is 14.8 Å².